The fraction of sp³-hybridized carbons (Fsp3) is 0.167. The first-order valence-corrected chi connectivity index (χ1v) is 5.46. The highest BCUT2D eigenvalue weighted by Gasteiger charge is 2.07. The van der Waals surface area contributed by atoms with E-state index in [9.17, 15) is 4.79 Å². The van der Waals surface area contributed by atoms with Crippen LogP contribution in [0.5, 0.6) is 0 Å². The average molecular weight is 243 g/mol. The number of amides is 1. The lowest BCUT2D eigenvalue weighted by atomic mass is 10.2. The van der Waals surface area contributed by atoms with Gasteiger partial charge in [0.2, 0.25) is 0 Å². The lowest BCUT2D eigenvalue weighted by Crippen LogP contribution is -2.24. The van der Waals surface area contributed by atoms with Crippen LogP contribution in [-0.4, -0.2) is 27.9 Å². The maximum absolute atomic E-state index is 11.8. The summed E-state index contributed by atoms with van der Waals surface area (Å²) in [5.74, 6) is 0.308. The second-order valence-corrected chi connectivity index (χ2v) is 3.58. The number of carbonyl (C=O) groups is 1. The highest BCUT2D eigenvalue weighted by molar-refractivity contribution is 5.92. The molecule has 1 amide bonds. The van der Waals surface area contributed by atoms with Crippen LogP contribution in [0.15, 0.2) is 36.9 Å². The topological polar surface area (TPSA) is 79.8 Å². The minimum atomic E-state index is -0.253. The molecule has 0 bridgehead atoms. The van der Waals surface area contributed by atoms with Gasteiger partial charge in [0.15, 0.2) is 0 Å². The van der Waals surface area contributed by atoms with Crippen LogP contribution in [0, 0.1) is 0 Å². The van der Waals surface area contributed by atoms with Crippen LogP contribution < -0.4 is 10.6 Å². The first-order valence-electron chi connectivity index (χ1n) is 5.46. The number of pyridine rings is 1. The maximum atomic E-state index is 11.8. The monoisotopic (exact) mass is 243 g/mol. The van der Waals surface area contributed by atoms with Gasteiger partial charge in [-0.2, -0.15) is 0 Å². The van der Waals surface area contributed by atoms with Crippen LogP contribution in [0.2, 0.25) is 0 Å². The van der Waals surface area contributed by atoms with Crippen molar-refractivity contribution in [2.45, 2.75) is 6.54 Å². The van der Waals surface area contributed by atoms with E-state index in [-0.39, 0.29) is 11.6 Å². The highest BCUT2D eigenvalue weighted by atomic mass is 16.1. The van der Waals surface area contributed by atoms with Gasteiger partial charge in [-0.15, -0.1) is 0 Å². The number of carbonyl (C=O) groups excluding carboxylic acids is 1. The molecule has 0 aliphatic rings. The quantitative estimate of drug-likeness (QED) is 0.832. The lowest BCUT2D eigenvalue weighted by molar-refractivity contribution is 0.0945. The molecule has 0 aliphatic carbocycles. The van der Waals surface area contributed by atoms with Crippen molar-refractivity contribution in [3.05, 3.63) is 48.2 Å². The van der Waals surface area contributed by atoms with Crippen molar-refractivity contribution in [3.63, 3.8) is 0 Å². The second kappa shape index (κ2) is 5.72. The zero-order chi connectivity index (χ0) is 12.8. The molecule has 18 heavy (non-hydrogen) atoms. The van der Waals surface area contributed by atoms with Crippen LogP contribution in [-0.2, 0) is 6.54 Å². The van der Waals surface area contributed by atoms with Crippen molar-refractivity contribution < 1.29 is 4.79 Å². The zero-order valence-corrected chi connectivity index (χ0v) is 9.92. The molecule has 0 unspecified atom stereocenters. The summed E-state index contributed by atoms with van der Waals surface area (Å²) in [5, 5.41) is 5.60. The number of aromatic nitrogens is 3. The number of anilines is 1. The Kier molecular flexibility index (Phi) is 3.80. The van der Waals surface area contributed by atoms with Crippen LogP contribution in [0.25, 0.3) is 0 Å². The molecule has 0 aromatic carbocycles. The summed E-state index contributed by atoms with van der Waals surface area (Å²) >= 11 is 0. The van der Waals surface area contributed by atoms with Crippen molar-refractivity contribution in [1.29, 1.82) is 0 Å². The summed E-state index contributed by atoms with van der Waals surface area (Å²) in [6.07, 6.45) is 6.36. The minimum absolute atomic E-state index is 0.253. The van der Waals surface area contributed by atoms with E-state index in [1.807, 2.05) is 12.1 Å². The third kappa shape index (κ3) is 3.00. The smallest absolute Gasteiger partial charge is 0.271 e. The van der Waals surface area contributed by atoms with Gasteiger partial charge in [0.25, 0.3) is 5.91 Å². The van der Waals surface area contributed by atoms with E-state index in [1.165, 1.54) is 6.20 Å². The van der Waals surface area contributed by atoms with Crippen molar-refractivity contribution >= 4 is 11.7 Å². The van der Waals surface area contributed by atoms with Gasteiger partial charge in [0, 0.05) is 26.0 Å². The third-order valence-corrected chi connectivity index (χ3v) is 2.33. The summed E-state index contributed by atoms with van der Waals surface area (Å²) in [6.45, 7) is 0.437. The van der Waals surface area contributed by atoms with E-state index in [2.05, 4.69) is 25.6 Å². The largest absolute Gasteiger partial charge is 0.372 e. The van der Waals surface area contributed by atoms with E-state index >= 15 is 0 Å². The molecule has 0 radical (unpaired) electrons. The van der Waals surface area contributed by atoms with Gasteiger partial charge in [-0.3, -0.25) is 14.8 Å². The molecule has 0 fully saturated rings. The van der Waals surface area contributed by atoms with E-state index in [1.54, 1.807) is 25.6 Å². The van der Waals surface area contributed by atoms with Crippen molar-refractivity contribution in [1.82, 2.24) is 20.3 Å². The van der Waals surface area contributed by atoms with Gasteiger partial charge in [0.05, 0.1) is 12.4 Å². The molecule has 6 heteroatoms. The van der Waals surface area contributed by atoms with E-state index < -0.39 is 0 Å². The molecule has 0 atom stereocenters. The summed E-state index contributed by atoms with van der Waals surface area (Å²) in [6, 6.07) is 3.69. The zero-order valence-electron chi connectivity index (χ0n) is 9.92. The van der Waals surface area contributed by atoms with Gasteiger partial charge in [-0.25, -0.2) is 4.98 Å². The SMILES string of the molecule is CNc1cncc(C(=O)NCc2ccncc2)n1. The van der Waals surface area contributed by atoms with Gasteiger partial charge in [0.1, 0.15) is 11.5 Å². The first kappa shape index (κ1) is 12.0. The van der Waals surface area contributed by atoms with Gasteiger partial charge in [-0.05, 0) is 17.7 Å². The summed E-state index contributed by atoms with van der Waals surface area (Å²) in [7, 11) is 1.72. The minimum Gasteiger partial charge on any atom is -0.372 e. The Hall–Kier alpha value is -2.50. The molecule has 2 aromatic rings. The molecule has 0 saturated carbocycles. The van der Waals surface area contributed by atoms with Gasteiger partial charge in [-0.1, -0.05) is 0 Å². The molecule has 0 saturated heterocycles. The van der Waals surface area contributed by atoms with Crippen molar-refractivity contribution in [2.75, 3.05) is 12.4 Å². The molecule has 2 N–H and O–H groups in total. The predicted molar refractivity (Wildman–Crippen MR) is 67.0 cm³/mol. The second-order valence-electron chi connectivity index (χ2n) is 3.58. The summed E-state index contributed by atoms with van der Waals surface area (Å²) in [5.41, 5.74) is 1.27. The summed E-state index contributed by atoms with van der Waals surface area (Å²) in [4.78, 5) is 23.8. The number of nitrogens with one attached hydrogen (secondary N) is 2. The molecule has 2 rings (SSSR count). The Morgan fingerprint density at radius 1 is 1.22 bits per heavy atom. The van der Waals surface area contributed by atoms with E-state index in [0.29, 0.717) is 12.4 Å². The fourth-order valence-electron chi connectivity index (χ4n) is 1.37. The molecule has 0 aliphatic heterocycles. The number of hydrogen-bond donors (Lipinski definition) is 2. The standard InChI is InChI=1S/C12H13N5O/c1-13-11-8-15-7-10(17-11)12(18)16-6-9-2-4-14-5-3-9/h2-5,7-8H,6H2,1H3,(H,13,17)(H,16,18). The Balaban J connectivity index is 1.99. The van der Waals surface area contributed by atoms with Crippen LogP contribution in [0.1, 0.15) is 16.1 Å². The average Bonchev–Trinajstić information content (AvgIpc) is 2.46. The molecule has 2 heterocycles. The Morgan fingerprint density at radius 3 is 2.72 bits per heavy atom. The van der Waals surface area contributed by atoms with Gasteiger partial charge < -0.3 is 10.6 Å². The normalized spacial score (nSPS) is 9.83. The molecular weight excluding hydrogens is 230 g/mol. The van der Waals surface area contributed by atoms with Crippen LogP contribution >= 0.6 is 0 Å². The Morgan fingerprint density at radius 2 is 2.00 bits per heavy atom. The number of hydrogen-bond acceptors (Lipinski definition) is 5. The van der Waals surface area contributed by atoms with E-state index in [0.717, 1.165) is 5.56 Å². The lowest BCUT2D eigenvalue weighted by Gasteiger charge is -2.05. The Bertz CT molecular complexity index is 529. The number of nitrogens with zero attached hydrogens (tertiary/aromatic N) is 3. The van der Waals surface area contributed by atoms with Crippen molar-refractivity contribution in [2.24, 2.45) is 0 Å². The van der Waals surface area contributed by atoms with Crippen LogP contribution in [0.4, 0.5) is 5.82 Å². The Labute approximate surface area is 105 Å². The van der Waals surface area contributed by atoms with Gasteiger partial charge >= 0.3 is 0 Å². The maximum Gasteiger partial charge on any atom is 0.271 e. The molecule has 0 spiro atoms. The fourth-order valence-corrected chi connectivity index (χ4v) is 1.37. The molecule has 6 nitrogen and oxygen atoms in total. The van der Waals surface area contributed by atoms with E-state index in [4.69, 9.17) is 0 Å². The van der Waals surface area contributed by atoms with Crippen molar-refractivity contribution in [3.8, 4) is 0 Å². The molecule has 92 valence electrons. The number of rotatable bonds is 4. The predicted octanol–water partition coefficient (Wildman–Crippen LogP) is 0.843. The third-order valence-electron chi connectivity index (χ3n) is 2.33. The molecule has 2 aromatic heterocycles. The van der Waals surface area contributed by atoms with Crippen LogP contribution in [0.3, 0.4) is 0 Å². The highest BCUT2D eigenvalue weighted by Crippen LogP contribution is 2.01. The first-order chi connectivity index (χ1) is 8.79. The summed E-state index contributed by atoms with van der Waals surface area (Å²) < 4.78 is 0. The molecular formula is C12H13N5O.